The van der Waals surface area contributed by atoms with Crippen LogP contribution in [-0.4, -0.2) is 22.0 Å². The van der Waals surface area contributed by atoms with Gasteiger partial charge >= 0.3 is 0 Å². The SMILES string of the molecule is CC(C)(C)C1C(O)=CC(=O)N1Cc1ccc(F)c(Br)c1. The second kappa shape index (κ2) is 5.20. The molecule has 1 aliphatic rings. The number of carbonyl (C=O) groups is 1. The minimum absolute atomic E-state index is 0.0867. The van der Waals surface area contributed by atoms with E-state index in [-0.39, 0.29) is 28.9 Å². The van der Waals surface area contributed by atoms with Crippen LogP contribution in [0.4, 0.5) is 4.39 Å². The van der Waals surface area contributed by atoms with Crippen molar-refractivity contribution in [3.8, 4) is 0 Å². The fraction of sp³-hybridized carbons (Fsp3) is 0.400. The van der Waals surface area contributed by atoms with Crippen LogP contribution >= 0.6 is 15.9 Å². The molecule has 1 amide bonds. The van der Waals surface area contributed by atoms with E-state index >= 15 is 0 Å². The lowest BCUT2D eigenvalue weighted by Gasteiger charge is -2.35. The Balaban J connectivity index is 2.27. The zero-order chi connectivity index (χ0) is 15.1. The predicted molar refractivity (Wildman–Crippen MR) is 78.6 cm³/mol. The van der Waals surface area contributed by atoms with Gasteiger partial charge in [-0.2, -0.15) is 0 Å². The van der Waals surface area contributed by atoms with Crippen LogP contribution in [0, 0.1) is 11.2 Å². The highest BCUT2D eigenvalue weighted by atomic mass is 79.9. The number of amides is 1. The molecule has 0 saturated heterocycles. The van der Waals surface area contributed by atoms with Gasteiger partial charge < -0.3 is 10.0 Å². The Hall–Kier alpha value is -1.36. The molecule has 0 bridgehead atoms. The molecule has 0 saturated carbocycles. The van der Waals surface area contributed by atoms with Gasteiger partial charge in [0.1, 0.15) is 11.6 Å². The van der Waals surface area contributed by atoms with E-state index in [1.807, 2.05) is 20.8 Å². The molecule has 5 heteroatoms. The minimum atomic E-state index is -0.362. The van der Waals surface area contributed by atoms with Crippen molar-refractivity contribution < 1.29 is 14.3 Å². The van der Waals surface area contributed by atoms with Crippen LogP contribution in [0.15, 0.2) is 34.5 Å². The van der Waals surface area contributed by atoms with Gasteiger partial charge in [-0.25, -0.2) is 4.39 Å². The van der Waals surface area contributed by atoms with Gasteiger partial charge in [0, 0.05) is 12.6 Å². The fourth-order valence-corrected chi connectivity index (χ4v) is 2.92. The molecule has 0 fully saturated rings. The van der Waals surface area contributed by atoms with Crippen molar-refractivity contribution in [3.63, 3.8) is 0 Å². The third-order valence-corrected chi connectivity index (χ3v) is 3.91. The first-order valence-electron chi connectivity index (χ1n) is 6.35. The van der Waals surface area contributed by atoms with Crippen LogP contribution in [0.25, 0.3) is 0 Å². The van der Waals surface area contributed by atoms with Gasteiger partial charge in [-0.05, 0) is 39.0 Å². The van der Waals surface area contributed by atoms with Crippen molar-refractivity contribution >= 4 is 21.8 Å². The van der Waals surface area contributed by atoms with E-state index in [0.29, 0.717) is 11.0 Å². The molecule has 0 spiro atoms. The monoisotopic (exact) mass is 341 g/mol. The van der Waals surface area contributed by atoms with E-state index in [0.717, 1.165) is 5.56 Å². The molecule has 1 aromatic rings. The summed E-state index contributed by atoms with van der Waals surface area (Å²) in [6.07, 6.45) is 1.26. The fourth-order valence-electron chi connectivity index (χ4n) is 2.49. The molecule has 1 aromatic carbocycles. The van der Waals surface area contributed by atoms with Crippen molar-refractivity contribution in [2.24, 2.45) is 5.41 Å². The Morgan fingerprint density at radius 1 is 1.40 bits per heavy atom. The number of nitrogens with zero attached hydrogens (tertiary/aromatic N) is 1. The van der Waals surface area contributed by atoms with E-state index < -0.39 is 0 Å². The molecule has 20 heavy (non-hydrogen) atoms. The lowest BCUT2D eigenvalue weighted by Crippen LogP contribution is -2.43. The average Bonchev–Trinajstić information content (AvgIpc) is 2.58. The Bertz CT molecular complexity index is 578. The van der Waals surface area contributed by atoms with E-state index in [2.05, 4.69) is 15.9 Å². The topological polar surface area (TPSA) is 40.5 Å². The lowest BCUT2D eigenvalue weighted by atomic mass is 9.85. The summed E-state index contributed by atoms with van der Waals surface area (Å²) in [5, 5.41) is 9.97. The van der Waals surface area contributed by atoms with Crippen molar-refractivity contribution in [2.75, 3.05) is 0 Å². The number of hydrogen-bond acceptors (Lipinski definition) is 2. The molecule has 1 unspecified atom stereocenters. The predicted octanol–water partition coefficient (Wildman–Crippen LogP) is 3.79. The van der Waals surface area contributed by atoms with E-state index in [1.165, 1.54) is 12.1 Å². The molecular formula is C15H17BrFNO2. The molecule has 1 heterocycles. The summed E-state index contributed by atoms with van der Waals surface area (Å²) in [6.45, 7) is 6.23. The number of rotatable bonds is 2. The maximum atomic E-state index is 13.2. The Kier molecular flexibility index (Phi) is 3.91. The smallest absolute Gasteiger partial charge is 0.250 e. The van der Waals surface area contributed by atoms with E-state index in [4.69, 9.17) is 0 Å². The molecule has 1 aliphatic heterocycles. The summed E-state index contributed by atoms with van der Waals surface area (Å²) < 4.78 is 13.6. The lowest BCUT2D eigenvalue weighted by molar-refractivity contribution is -0.128. The molecule has 0 radical (unpaired) electrons. The second-order valence-corrected chi connectivity index (χ2v) is 6.91. The third kappa shape index (κ3) is 2.87. The Morgan fingerprint density at radius 2 is 2.05 bits per heavy atom. The summed E-state index contributed by atoms with van der Waals surface area (Å²) >= 11 is 3.14. The van der Waals surface area contributed by atoms with Crippen molar-refractivity contribution in [1.29, 1.82) is 0 Å². The van der Waals surface area contributed by atoms with Crippen LogP contribution in [0.1, 0.15) is 26.3 Å². The zero-order valence-electron chi connectivity index (χ0n) is 11.7. The van der Waals surface area contributed by atoms with Gasteiger partial charge in [-0.3, -0.25) is 4.79 Å². The van der Waals surface area contributed by atoms with Gasteiger partial charge in [-0.15, -0.1) is 0 Å². The average molecular weight is 342 g/mol. The minimum Gasteiger partial charge on any atom is -0.510 e. The number of benzene rings is 1. The summed E-state index contributed by atoms with van der Waals surface area (Å²) in [5.41, 5.74) is 0.535. The largest absolute Gasteiger partial charge is 0.510 e. The zero-order valence-corrected chi connectivity index (χ0v) is 13.2. The van der Waals surface area contributed by atoms with Gasteiger partial charge in [-0.1, -0.05) is 26.8 Å². The maximum absolute atomic E-state index is 13.2. The molecule has 1 N–H and O–H groups in total. The van der Waals surface area contributed by atoms with Crippen LogP contribution in [0.3, 0.4) is 0 Å². The van der Waals surface area contributed by atoms with Gasteiger partial charge in [0.15, 0.2) is 0 Å². The normalized spacial score (nSPS) is 19.4. The first-order chi connectivity index (χ1) is 9.20. The highest BCUT2D eigenvalue weighted by Crippen LogP contribution is 2.34. The highest BCUT2D eigenvalue weighted by molar-refractivity contribution is 9.10. The first-order valence-corrected chi connectivity index (χ1v) is 7.14. The van der Waals surface area contributed by atoms with Gasteiger partial charge in [0.05, 0.1) is 10.5 Å². The van der Waals surface area contributed by atoms with Crippen LogP contribution in [-0.2, 0) is 11.3 Å². The van der Waals surface area contributed by atoms with E-state index in [9.17, 15) is 14.3 Å². The van der Waals surface area contributed by atoms with Crippen molar-refractivity contribution in [3.05, 3.63) is 45.9 Å². The number of carbonyl (C=O) groups excluding carboxylic acids is 1. The molecular weight excluding hydrogens is 325 g/mol. The number of aliphatic hydroxyl groups excluding tert-OH is 1. The van der Waals surface area contributed by atoms with Crippen LogP contribution in [0.2, 0.25) is 0 Å². The van der Waals surface area contributed by atoms with Gasteiger partial charge in [0.2, 0.25) is 0 Å². The van der Waals surface area contributed by atoms with E-state index in [1.54, 1.807) is 17.0 Å². The summed E-state index contributed by atoms with van der Waals surface area (Å²) in [6, 6.07) is 4.29. The third-order valence-electron chi connectivity index (χ3n) is 3.30. The van der Waals surface area contributed by atoms with Crippen molar-refractivity contribution in [1.82, 2.24) is 4.90 Å². The maximum Gasteiger partial charge on any atom is 0.250 e. The second-order valence-electron chi connectivity index (χ2n) is 6.05. The number of aliphatic hydroxyl groups is 1. The summed E-state index contributed by atoms with van der Waals surface area (Å²) in [7, 11) is 0. The summed E-state index contributed by atoms with van der Waals surface area (Å²) in [5.74, 6) is -0.471. The van der Waals surface area contributed by atoms with Crippen LogP contribution < -0.4 is 0 Å². The Morgan fingerprint density at radius 3 is 2.60 bits per heavy atom. The summed E-state index contributed by atoms with van der Waals surface area (Å²) in [4.78, 5) is 13.6. The number of halogens is 2. The highest BCUT2D eigenvalue weighted by Gasteiger charge is 2.40. The first kappa shape index (κ1) is 15.0. The van der Waals surface area contributed by atoms with Gasteiger partial charge in [0.25, 0.3) is 5.91 Å². The standard InChI is InChI=1S/C15H17BrFNO2/c1-15(2,3)14-12(19)7-13(20)18(14)8-9-4-5-11(17)10(16)6-9/h4-7,14,19H,8H2,1-3H3. The Labute approximate surface area is 126 Å². The molecule has 0 aliphatic carbocycles. The molecule has 3 nitrogen and oxygen atoms in total. The van der Waals surface area contributed by atoms with Crippen molar-refractivity contribution in [2.45, 2.75) is 33.4 Å². The molecule has 2 rings (SSSR count). The quantitative estimate of drug-likeness (QED) is 0.888. The number of hydrogen-bond donors (Lipinski definition) is 1. The molecule has 108 valence electrons. The van der Waals surface area contributed by atoms with Crippen LogP contribution in [0.5, 0.6) is 0 Å². The molecule has 0 aromatic heterocycles. The molecule has 1 atom stereocenters.